The second-order valence-corrected chi connectivity index (χ2v) is 7.10. The Kier molecular flexibility index (Phi) is 4.27. The van der Waals surface area contributed by atoms with E-state index in [9.17, 15) is 13.2 Å². The standard InChI is InChI=1S/C11H11Cl2NO5S/c12-7-1-2-8(10(13)9(7)11(16)17)20(18,19)14-3-6(4-14)5-15/h1-2,6,15H,3-5H2,(H,16,17). The lowest BCUT2D eigenvalue weighted by Crippen LogP contribution is -2.51. The van der Waals surface area contributed by atoms with Gasteiger partial charge in [0.25, 0.3) is 0 Å². The van der Waals surface area contributed by atoms with Crippen LogP contribution in [0.25, 0.3) is 0 Å². The molecule has 6 nitrogen and oxygen atoms in total. The van der Waals surface area contributed by atoms with E-state index in [1.54, 1.807) is 0 Å². The van der Waals surface area contributed by atoms with Crippen LogP contribution in [0.2, 0.25) is 10.0 Å². The van der Waals surface area contributed by atoms with E-state index in [4.69, 9.17) is 33.4 Å². The van der Waals surface area contributed by atoms with E-state index in [0.717, 1.165) is 4.31 Å². The van der Waals surface area contributed by atoms with Crippen LogP contribution in [-0.2, 0) is 10.0 Å². The molecule has 1 aliphatic rings. The Labute approximate surface area is 125 Å². The second kappa shape index (κ2) is 5.50. The first-order valence-corrected chi connectivity index (χ1v) is 7.81. The van der Waals surface area contributed by atoms with E-state index >= 15 is 0 Å². The number of hydrogen-bond donors (Lipinski definition) is 2. The molecule has 0 unspecified atom stereocenters. The van der Waals surface area contributed by atoms with Crippen molar-refractivity contribution in [1.29, 1.82) is 0 Å². The van der Waals surface area contributed by atoms with Crippen LogP contribution in [0, 0.1) is 5.92 Å². The summed E-state index contributed by atoms with van der Waals surface area (Å²) in [5, 5.41) is 17.4. The van der Waals surface area contributed by atoms with Gasteiger partial charge in [0.15, 0.2) is 0 Å². The topological polar surface area (TPSA) is 94.9 Å². The molecule has 1 fully saturated rings. The van der Waals surface area contributed by atoms with Gasteiger partial charge in [-0.05, 0) is 12.1 Å². The predicted molar refractivity (Wildman–Crippen MR) is 72.8 cm³/mol. The first kappa shape index (κ1) is 15.5. The summed E-state index contributed by atoms with van der Waals surface area (Å²) < 4.78 is 25.7. The Morgan fingerprint density at radius 2 is 1.95 bits per heavy atom. The SMILES string of the molecule is O=C(O)c1c(Cl)ccc(S(=O)(=O)N2CC(CO)C2)c1Cl. The van der Waals surface area contributed by atoms with Gasteiger partial charge in [0.2, 0.25) is 10.0 Å². The van der Waals surface area contributed by atoms with Crippen LogP contribution in [0.1, 0.15) is 10.4 Å². The van der Waals surface area contributed by atoms with Crippen molar-refractivity contribution in [2.24, 2.45) is 5.92 Å². The first-order chi connectivity index (χ1) is 9.28. The third-order valence-electron chi connectivity index (χ3n) is 3.07. The summed E-state index contributed by atoms with van der Waals surface area (Å²) in [5.74, 6) is -1.50. The molecule has 1 aromatic carbocycles. The molecule has 0 radical (unpaired) electrons. The minimum absolute atomic E-state index is 0.0965. The quantitative estimate of drug-likeness (QED) is 0.862. The van der Waals surface area contributed by atoms with Crippen LogP contribution in [0.3, 0.4) is 0 Å². The molecular formula is C11H11Cl2NO5S. The fraction of sp³-hybridized carbons (Fsp3) is 0.364. The zero-order valence-corrected chi connectivity index (χ0v) is 12.4. The molecule has 0 saturated carbocycles. The number of aromatic carboxylic acids is 1. The Morgan fingerprint density at radius 3 is 2.45 bits per heavy atom. The summed E-state index contributed by atoms with van der Waals surface area (Å²) in [6.45, 7) is 0.265. The average molecular weight is 340 g/mol. The molecule has 1 aromatic rings. The summed E-state index contributed by atoms with van der Waals surface area (Å²) in [5.41, 5.74) is -0.436. The highest BCUT2D eigenvalue weighted by molar-refractivity contribution is 7.89. The maximum Gasteiger partial charge on any atom is 0.338 e. The lowest BCUT2D eigenvalue weighted by molar-refractivity contribution is 0.0697. The van der Waals surface area contributed by atoms with Gasteiger partial charge >= 0.3 is 5.97 Å². The number of carbonyl (C=O) groups is 1. The van der Waals surface area contributed by atoms with Crippen LogP contribution >= 0.6 is 23.2 Å². The number of hydrogen-bond acceptors (Lipinski definition) is 4. The van der Waals surface area contributed by atoms with Gasteiger partial charge in [0.1, 0.15) is 4.90 Å². The summed E-state index contributed by atoms with van der Waals surface area (Å²) >= 11 is 11.6. The van der Waals surface area contributed by atoms with Gasteiger partial charge in [-0.1, -0.05) is 23.2 Å². The summed E-state index contributed by atoms with van der Waals surface area (Å²) in [7, 11) is -3.88. The van der Waals surface area contributed by atoms with E-state index in [0.29, 0.717) is 0 Å². The number of carboxylic acids is 1. The van der Waals surface area contributed by atoms with Gasteiger partial charge in [-0.2, -0.15) is 4.31 Å². The van der Waals surface area contributed by atoms with Crippen molar-refractivity contribution >= 4 is 39.2 Å². The Bertz CT molecular complexity index is 655. The van der Waals surface area contributed by atoms with Gasteiger partial charge in [0, 0.05) is 25.6 Å². The number of carboxylic acid groups (broad SMARTS) is 1. The molecule has 0 aromatic heterocycles. The van der Waals surface area contributed by atoms with E-state index in [1.807, 2.05) is 0 Å². The van der Waals surface area contributed by atoms with Gasteiger partial charge in [-0.15, -0.1) is 0 Å². The third-order valence-corrected chi connectivity index (χ3v) is 5.76. The molecule has 0 amide bonds. The highest BCUT2D eigenvalue weighted by Crippen LogP contribution is 2.34. The smallest absolute Gasteiger partial charge is 0.338 e. The molecule has 2 N–H and O–H groups in total. The number of rotatable bonds is 4. The maximum atomic E-state index is 12.3. The molecule has 20 heavy (non-hydrogen) atoms. The van der Waals surface area contributed by atoms with Gasteiger partial charge in [0.05, 0.1) is 15.6 Å². The van der Waals surface area contributed by atoms with Crippen molar-refractivity contribution in [3.05, 3.63) is 27.7 Å². The number of nitrogens with zero attached hydrogens (tertiary/aromatic N) is 1. The lowest BCUT2D eigenvalue weighted by atomic mass is 10.1. The first-order valence-electron chi connectivity index (χ1n) is 5.61. The number of halogens is 2. The number of sulfonamides is 1. The molecule has 2 rings (SSSR count). The molecule has 1 aliphatic heterocycles. The minimum atomic E-state index is -3.88. The van der Waals surface area contributed by atoms with Crippen molar-refractivity contribution in [2.45, 2.75) is 4.90 Å². The summed E-state index contributed by atoms with van der Waals surface area (Å²) in [6, 6.07) is 2.37. The molecule has 110 valence electrons. The largest absolute Gasteiger partial charge is 0.478 e. The van der Waals surface area contributed by atoms with Crippen molar-refractivity contribution in [3.8, 4) is 0 Å². The summed E-state index contributed by atoms with van der Waals surface area (Å²) in [4.78, 5) is 10.8. The van der Waals surface area contributed by atoms with Crippen molar-refractivity contribution in [1.82, 2.24) is 4.31 Å². The molecule has 0 spiro atoms. The number of aliphatic hydroxyl groups excluding tert-OH is 1. The van der Waals surface area contributed by atoms with E-state index < -0.39 is 26.6 Å². The molecular weight excluding hydrogens is 329 g/mol. The van der Waals surface area contributed by atoms with Crippen molar-refractivity contribution < 1.29 is 23.4 Å². The van der Waals surface area contributed by atoms with Gasteiger partial charge in [-0.25, -0.2) is 13.2 Å². The minimum Gasteiger partial charge on any atom is -0.478 e. The zero-order chi connectivity index (χ0) is 15.1. The normalized spacial score (nSPS) is 16.9. The number of benzene rings is 1. The highest BCUT2D eigenvalue weighted by atomic mass is 35.5. The van der Waals surface area contributed by atoms with Gasteiger partial charge in [-0.3, -0.25) is 0 Å². The molecule has 1 heterocycles. The predicted octanol–water partition coefficient (Wildman–Crippen LogP) is 1.30. The van der Waals surface area contributed by atoms with Crippen LogP contribution in [0.4, 0.5) is 0 Å². The monoisotopic (exact) mass is 339 g/mol. The van der Waals surface area contributed by atoms with E-state index in [-0.39, 0.29) is 35.5 Å². The lowest BCUT2D eigenvalue weighted by Gasteiger charge is -2.37. The Morgan fingerprint density at radius 1 is 1.35 bits per heavy atom. The Hall–Kier alpha value is -0.860. The van der Waals surface area contributed by atoms with Gasteiger partial charge < -0.3 is 10.2 Å². The molecule has 0 bridgehead atoms. The maximum absolute atomic E-state index is 12.3. The third kappa shape index (κ3) is 2.51. The fourth-order valence-electron chi connectivity index (χ4n) is 1.90. The zero-order valence-electron chi connectivity index (χ0n) is 10.1. The van der Waals surface area contributed by atoms with E-state index in [2.05, 4.69) is 0 Å². The Balaban J connectivity index is 2.44. The molecule has 1 saturated heterocycles. The van der Waals surface area contributed by atoms with Crippen LogP contribution < -0.4 is 0 Å². The molecule has 0 atom stereocenters. The molecule has 9 heteroatoms. The number of aliphatic hydroxyl groups is 1. The summed E-state index contributed by atoms with van der Waals surface area (Å²) in [6.07, 6.45) is 0. The van der Waals surface area contributed by atoms with Crippen molar-refractivity contribution in [2.75, 3.05) is 19.7 Å². The molecule has 0 aliphatic carbocycles. The average Bonchev–Trinajstić information content (AvgIpc) is 2.25. The second-order valence-electron chi connectivity index (χ2n) is 4.41. The van der Waals surface area contributed by atoms with Crippen molar-refractivity contribution in [3.63, 3.8) is 0 Å². The van der Waals surface area contributed by atoms with Crippen LogP contribution in [-0.4, -0.2) is 48.6 Å². The van der Waals surface area contributed by atoms with Crippen LogP contribution in [0.5, 0.6) is 0 Å². The van der Waals surface area contributed by atoms with E-state index in [1.165, 1.54) is 12.1 Å². The fourth-order valence-corrected chi connectivity index (χ4v) is 4.39. The van der Waals surface area contributed by atoms with Crippen LogP contribution in [0.15, 0.2) is 17.0 Å². The highest BCUT2D eigenvalue weighted by Gasteiger charge is 2.38.